The molecule has 3 fully saturated rings. The molecule has 6 atom stereocenters. The third-order valence-corrected chi connectivity index (χ3v) is 6.18. The maximum atomic E-state index is 10.3. The monoisotopic (exact) mass is 236 g/mol. The third kappa shape index (κ3) is 1.29. The van der Waals surface area contributed by atoms with Gasteiger partial charge in [-0.05, 0) is 31.1 Å². The molecular formula is C15H24O2. The average molecular weight is 236 g/mol. The second kappa shape index (κ2) is 3.36. The van der Waals surface area contributed by atoms with Crippen molar-refractivity contribution in [2.75, 3.05) is 0 Å². The first-order chi connectivity index (χ1) is 7.88. The Hall–Kier alpha value is -0.340. The number of ether oxygens (including phenoxy) is 1. The first-order valence-corrected chi connectivity index (χ1v) is 6.90. The Morgan fingerprint density at radius 2 is 2.06 bits per heavy atom. The molecule has 2 aliphatic carbocycles. The molecule has 3 rings (SSSR count). The number of fused-ring (bicyclic) bond motifs is 4. The van der Waals surface area contributed by atoms with Crippen LogP contribution in [0.1, 0.15) is 46.5 Å². The van der Waals surface area contributed by atoms with Crippen molar-refractivity contribution in [3.63, 3.8) is 0 Å². The summed E-state index contributed by atoms with van der Waals surface area (Å²) < 4.78 is 6.28. The van der Waals surface area contributed by atoms with Gasteiger partial charge in [0.1, 0.15) is 0 Å². The summed E-state index contributed by atoms with van der Waals surface area (Å²) in [4.78, 5) is 0. The Bertz CT molecular complexity index is 360. The molecule has 2 bridgehead atoms. The molecule has 1 saturated heterocycles. The van der Waals surface area contributed by atoms with Crippen molar-refractivity contribution in [2.24, 2.45) is 16.7 Å². The number of aliphatic hydroxyl groups is 1. The zero-order valence-corrected chi connectivity index (χ0v) is 11.2. The SMILES string of the molecule is C=C1CC[C@@H]2O[C@@H]3C[C@@](C)(C[C@H](O)[C@@H]3C)[C@]12C. The molecular weight excluding hydrogens is 212 g/mol. The van der Waals surface area contributed by atoms with Crippen LogP contribution in [0.3, 0.4) is 0 Å². The first kappa shape index (κ1) is 11.7. The van der Waals surface area contributed by atoms with Gasteiger partial charge in [-0.15, -0.1) is 0 Å². The van der Waals surface area contributed by atoms with Gasteiger partial charge in [0.15, 0.2) is 0 Å². The van der Waals surface area contributed by atoms with Crippen LogP contribution in [-0.2, 0) is 4.74 Å². The van der Waals surface area contributed by atoms with Crippen LogP contribution in [0.25, 0.3) is 0 Å². The number of aliphatic hydroxyl groups excluding tert-OH is 1. The highest BCUT2D eigenvalue weighted by Crippen LogP contribution is 2.64. The lowest BCUT2D eigenvalue weighted by atomic mass is 9.52. The molecule has 1 N–H and O–H groups in total. The highest BCUT2D eigenvalue weighted by Gasteiger charge is 2.62. The lowest BCUT2D eigenvalue weighted by Crippen LogP contribution is -2.60. The molecule has 0 aromatic carbocycles. The van der Waals surface area contributed by atoms with Crippen LogP contribution in [0, 0.1) is 16.7 Å². The van der Waals surface area contributed by atoms with Gasteiger partial charge in [-0.25, -0.2) is 0 Å². The summed E-state index contributed by atoms with van der Waals surface area (Å²) in [6.07, 6.45) is 4.54. The predicted molar refractivity (Wildman–Crippen MR) is 67.7 cm³/mol. The second-order valence-corrected chi connectivity index (χ2v) is 6.90. The molecule has 2 heteroatoms. The van der Waals surface area contributed by atoms with E-state index in [0.29, 0.717) is 6.10 Å². The van der Waals surface area contributed by atoms with Gasteiger partial charge in [-0.3, -0.25) is 0 Å². The van der Waals surface area contributed by atoms with E-state index in [1.165, 1.54) is 5.57 Å². The minimum absolute atomic E-state index is 0.0740. The quantitative estimate of drug-likeness (QED) is 0.655. The van der Waals surface area contributed by atoms with Gasteiger partial charge in [0.2, 0.25) is 0 Å². The van der Waals surface area contributed by atoms with Crippen molar-refractivity contribution in [1.29, 1.82) is 0 Å². The normalized spacial score (nSPS) is 58.0. The molecule has 0 aromatic rings. The van der Waals surface area contributed by atoms with Gasteiger partial charge in [0.05, 0.1) is 18.3 Å². The number of hydrogen-bond donors (Lipinski definition) is 1. The van der Waals surface area contributed by atoms with Crippen LogP contribution in [0.4, 0.5) is 0 Å². The summed E-state index contributed by atoms with van der Waals surface area (Å²) in [6.45, 7) is 11.1. The third-order valence-electron chi connectivity index (χ3n) is 6.18. The summed E-state index contributed by atoms with van der Waals surface area (Å²) in [5, 5.41) is 10.3. The van der Waals surface area contributed by atoms with E-state index in [-0.39, 0.29) is 29.0 Å². The standard InChI is InChI=1S/C15H24O2/c1-9-5-6-13-15(9,4)14(3)7-11(16)10(2)12(8-14)17-13/h10-13,16H,1,5-8H2,2-4H3/t10-,11-,12+,13-,14+,15+/m0/s1. The van der Waals surface area contributed by atoms with E-state index in [4.69, 9.17) is 4.74 Å². The Morgan fingerprint density at radius 3 is 2.76 bits per heavy atom. The zero-order valence-electron chi connectivity index (χ0n) is 11.2. The summed E-state index contributed by atoms with van der Waals surface area (Å²) in [5.74, 6) is 0.279. The van der Waals surface area contributed by atoms with Crippen LogP contribution in [-0.4, -0.2) is 23.4 Å². The predicted octanol–water partition coefficient (Wildman–Crippen LogP) is 2.91. The van der Waals surface area contributed by atoms with Crippen molar-refractivity contribution < 1.29 is 9.84 Å². The van der Waals surface area contributed by atoms with Crippen molar-refractivity contribution in [1.82, 2.24) is 0 Å². The molecule has 0 aromatic heterocycles. The van der Waals surface area contributed by atoms with Gasteiger partial charge in [-0.1, -0.05) is 32.9 Å². The molecule has 0 radical (unpaired) electrons. The maximum absolute atomic E-state index is 10.3. The smallest absolute Gasteiger partial charge is 0.0677 e. The summed E-state index contributed by atoms with van der Waals surface area (Å²) in [6, 6.07) is 0. The lowest BCUT2D eigenvalue weighted by molar-refractivity contribution is -0.225. The van der Waals surface area contributed by atoms with Gasteiger partial charge < -0.3 is 9.84 Å². The molecule has 17 heavy (non-hydrogen) atoms. The molecule has 0 amide bonds. The van der Waals surface area contributed by atoms with Crippen molar-refractivity contribution in [3.8, 4) is 0 Å². The maximum Gasteiger partial charge on any atom is 0.0677 e. The van der Waals surface area contributed by atoms with Crippen LogP contribution >= 0.6 is 0 Å². The largest absolute Gasteiger partial charge is 0.393 e. The van der Waals surface area contributed by atoms with Crippen molar-refractivity contribution >= 4 is 0 Å². The highest BCUT2D eigenvalue weighted by atomic mass is 16.5. The van der Waals surface area contributed by atoms with Gasteiger partial charge >= 0.3 is 0 Å². The van der Waals surface area contributed by atoms with E-state index in [1.807, 2.05) is 0 Å². The van der Waals surface area contributed by atoms with E-state index in [9.17, 15) is 5.11 Å². The first-order valence-electron chi connectivity index (χ1n) is 6.90. The molecule has 0 spiro atoms. The lowest BCUT2D eigenvalue weighted by Gasteiger charge is -2.59. The Labute approximate surface area is 104 Å². The van der Waals surface area contributed by atoms with E-state index in [0.717, 1.165) is 25.7 Å². The fourth-order valence-corrected chi connectivity index (χ4v) is 4.52. The Balaban J connectivity index is 2.03. The average Bonchev–Trinajstić information content (AvgIpc) is 2.55. The second-order valence-electron chi connectivity index (χ2n) is 6.90. The van der Waals surface area contributed by atoms with Crippen molar-refractivity contribution in [3.05, 3.63) is 12.2 Å². The summed E-state index contributed by atoms with van der Waals surface area (Å²) in [5.41, 5.74) is 1.58. The van der Waals surface area contributed by atoms with E-state index < -0.39 is 0 Å². The highest BCUT2D eigenvalue weighted by molar-refractivity contribution is 5.26. The fraction of sp³-hybridized carbons (Fsp3) is 0.867. The van der Waals surface area contributed by atoms with E-state index in [1.54, 1.807) is 0 Å². The molecule has 96 valence electrons. The van der Waals surface area contributed by atoms with Crippen LogP contribution in [0.15, 0.2) is 12.2 Å². The number of rotatable bonds is 0. The van der Waals surface area contributed by atoms with E-state index >= 15 is 0 Å². The van der Waals surface area contributed by atoms with Crippen LogP contribution < -0.4 is 0 Å². The molecule has 1 aliphatic heterocycles. The molecule has 2 saturated carbocycles. The van der Waals surface area contributed by atoms with Crippen molar-refractivity contribution in [2.45, 2.75) is 64.8 Å². The summed E-state index contributed by atoms with van der Waals surface area (Å²) in [7, 11) is 0. The Kier molecular flexibility index (Phi) is 2.32. The fourth-order valence-electron chi connectivity index (χ4n) is 4.52. The molecule has 2 nitrogen and oxygen atoms in total. The Morgan fingerprint density at radius 1 is 1.35 bits per heavy atom. The molecule has 0 unspecified atom stereocenters. The van der Waals surface area contributed by atoms with Gasteiger partial charge in [-0.2, -0.15) is 0 Å². The minimum atomic E-state index is -0.218. The van der Waals surface area contributed by atoms with Crippen LogP contribution in [0.5, 0.6) is 0 Å². The van der Waals surface area contributed by atoms with Gasteiger partial charge in [0, 0.05) is 11.3 Å². The molecule has 1 heterocycles. The topological polar surface area (TPSA) is 29.5 Å². The molecule has 3 aliphatic rings. The van der Waals surface area contributed by atoms with Gasteiger partial charge in [0.25, 0.3) is 0 Å². The minimum Gasteiger partial charge on any atom is -0.393 e. The van der Waals surface area contributed by atoms with Crippen LogP contribution in [0.2, 0.25) is 0 Å². The number of hydrogen-bond acceptors (Lipinski definition) is 2. The summed E-state index contributed by atoms with van der Waals surface area (Å²) >= 11 is 0. The zero-order chi connectivity index (χ0) is 12.4. The van der Waals surface area contributed by atoms with E-state index in [2.05, 4.69) is 27.4 Å².